The zero-order valence-corrected chi connectivity index (χ0v) is 14.9. The van der Waals surface area contributed by atoms with Gasteiger partial charge in [0.1, 0.15) is 0 Å². The highest BCUT2D eigenvalue weighted by molar-refractivity contribution is 7.71. The first kappa shape index (κ1) is 17.6. The molecule has 1 aromatic carbocycles. The van der Waals surface area contributed by atoms with Crippen molar-refractivity contribution >= 4 is 29.0 Å². The van der Waals surface area contributed by atoms with Crippen molar-refractivity contribution in [1.29, 1.82) is 0 Å². The lowest BCUT2D eigenvalue weighted by Gasteiger charge is -2.19. The highest BCUT2D eigenvalue weighted by atomic mass is 32.1. The van der Waals surface area contributed by atoms with Gasteiger partial charge < -0.3 is 15.0 Å². The lowest BCUT2D eigenvalue weighted by Crippen LogP contribution is -2.40. The molecule has 1 fully saturated rings. The van der Waals surface area contributed by atoms with E-state index >= 15 is 0 Å². The van der Waals surface area contributed by atoms with Gasteiger partial charge in [0.05, 0.1) is 23.0 Å². The lowest BCUT2D eigenvalue weighted by atomic mass is 10.1. The molecule has 1 aromatic heterocycles. The first-order chi connectivity index (χ1) is 12.0. The van der Waals surface area contributed by atoms with E-state index in [1.54, 1.807) is 31.4 Å². The Morgan fingerprint density at radius 3 is 3.04 bits per heavy atom. The van der Waals surface area contributed by atoms with Crippen LogP contribution in [0.3, 0.4) is 0 Å². The van der Waals surface area contributed by atoms with Crippen LogP contribution >= 0.6 is 12.2 Å². The molecule has 1 aliphatic carbocycles. The van der Waals surface area contributed by atoms with Crippen LogP contribution in [0.15, 0.2) is 35.6 Å². The largest absolute Gasteiger partial charge is 0.379 e. The minimum Gasteiger partial charge on any atom is -0.379 e. The van der Waals surface area contributed by atoms with E-state index < -0.39 is 0 Å². The molecule has 25 heavy (non-hydrogen) atoms. The number of hydrogen-bond acceptors (Lipinski definition) is 4. The molecular formula is C18H21N3O3S. The normalized spacial score (nSPS) is 19.9. The number of aromatic nitrogens is 2. The number of H-pyrrole nitrogens is 1. The van der Waals surface area contributed by atoms with Crippen molar-refractivity contribution in [2.75, 3.05) is 7.11 Å². The number of nitrogens with one attached hydrogen (secondary N) is 2. The van der Waals surface area contributed by atoms with Gasteiger partial charge >= 0.3 is 0 Å². The Balaban J connectivity index is 1.92. The van der Waals surface area contributed by atoms with Crippen molar-refractivity contribution in [2.24, 2.45) is 0 Å². The Morgan fingerprint density at radius 2 is 2.32 bits per heavy atom. The summed E-state index contributed by atoms with van der Waals surface area (Å²) >= 11 is 5.23. The Labute approximate surface area is 150 Å². The Hall–Kier alpha value is -2.25. The van der Waals surface area contributed by atoms with Gasteiger partial charge in [-0.2, -0.15) is 0 Å². The van der Waals surface area contributed by atoms with Crippen molar-refractivity contribution in [3.05, 3.63) is 51.5 Å². The first-order valence-electron chi connectivity index (χ1n) is 8.26. The SMILES string of the molecule is C=CCn1c(=S)[nH]c2cc(C(=O)N[C@H]3CCC[C@H]3OC)ccc2c1=O. The van der Waals surface area contributed by atoms with Crippen molar-refractivity contribution in [3.63, 3.8) is 0 Å². The molecule has 0 unspecified atom stereocenters. The third-order valence-electron chi connectivity index (χ3n) is 4.63. The van der Waals surface area contributed by atoms with Crippen LogP contribution < -0.4 is 10.9 Å². The van der Waals surface area contributed by atoms with E-state index in [-0.39, 0.29) is 23.6 Å². The molecule has 0 bridgehead atoms. The summed E-state index contributed by atoms with van der Waals surface area (Å²) in [5.74, 6) is -0.176. The summed E-state index contributed by atoms with van der Waals surface area (Å²) in [6.45, 7) is 3.97. The zero-order valence-electron chi connectivity index (χ0n) is 14.1. The summed E-state index contributed by atoms with van der Waals surface area (Å²) in [5.41, 5.74) is 0.847. The zero-order chi connectivity index (χ0) is 18.0. The van der Waals surface area contributed by atoms with Crippen LogP contribution in [0.2, 0.25) is 0 Å². The minimum absolute atomic E-state index is 0.0206. The van der Waals surface area contributed by atoms with Gasteiger partial charge in [0, 0.05) is 19.2 Å². The van der Waals surface area contributed by atoms with Gasteiger partial charge in [0.2, 0.25) is 0 Å². The number of allylic oxidation sites excluding steroid dienone is 1. The topological polar surface area (TPSA) is 76.1 Å². The summed E-state index contributed by atoms with van der Waals surface area (Å²) in [5, 5.41) is 3.51. The number of carbonyl (C=O) groups is 1. The molecule has 2 atom stereocenters. The van der Waals surface area contributed by atoms with E-state index in [0.717, 1.165) is 19.3 Å². The smallest absolute Gasteiger partial charge is 0.262 e. The number of aromatic amines is 1. The minimum atomic E-state index is -0.194. The van der Waals surface area contributed by atoms with Gasteiger partial charge in [-0.1, -0.05) is 6.08 Å². The maximum atomic E-state index is 12.5. The molecule has 1 saturated carbocycles. The molecule has 0 saturated heterocycles. The number of nitrogens with zero attached hydrogens (tertiary/aromatic N) is 1. The van der Waals surface area contributed by atoms with Gasteiger partial charge in [0.15, 0.2) is 4.77 Å². The van der Waals surface area contributed by atoms with Crippen LogP contribution in [-0.2, 0) is 11.3 Å². The fourth-order valence-corrected chi connectivity index (χ4v) is 3.58. The van der Waals surface area contributed by atoms with Gasteiger partial charge in [-0.15, -0.1) is 6.58 Å². The van der Waals surface area contributed by atoms with E-state index in [1.807, 2.05) is 0 Å². The summed E-state index contributed by atoms with van der Waals surface area (Å²) in [6.07, 6.45) is 4.58. The van der Waals surface area contributed by atoms with Crippen LogP contribution in [0.1, 0.15) is 29.6 Å². The predicted molar refractivity (Wildman–Crippen MR) is 99.5 cm³/mol. The Bertz CT molecular complexity index is 931. The summed E-state index contributed by atoms with van der Waals surface area (Å²) < 4.78 is 7.16. The van der Waals surface area contributed by atoms with E-state index in [0.29, 0.717) is 27.8 Å². The van der Waals surface area contributed by atoms with Crippen LogP contribution in [0.5, 0.6) is 0 Å². The molecule has 2 aromatic rings. The van der Waals surface area contributed by atoms with Crippen LogP contribution in [-0.4, -0.2) is 34.7 Å². The number of rotatable bonds is 5. The number of ether oxygens (including phenoxy) is 1. The van der Waals surface area contributed by atoms with Gasteiger partial charge in [-0.05, 0) is 49.7 Å². The van der Waals surface area contributed by atoms with Crippen LogP contribution in [0, 0.1) is 4.77 Å². The van der Waals surface area contributed by atoms with E-state index in [2.05, 4.69) is 16.9 Å². The number of amides is 1. The Morgan fingerprint density at radius 1 is 1.52 bits per heavy atom. The molecule has 7 heteroatoms. The summed E-state index contributed by atoms with van der Waals surface area (Å²) in [4.78, 5) is 28.1. The van der Waals surface area contributed by atoms with Gasteiger partial charge in [-0.3, -0.25) is 14.2 Å². The number of benzene rings is 1. The standard InChI is InChI=1S/C18H21N3O3S/c1-3-9-21-17(23)12-8-7-11(10-14(12)20-18(21)25)16(22)19-13-5-4-6-15(13)24-2/h3,7-8,10,13,15H,1,4-6,9H2,2H3,(H,19,22)(H,20,25)/t13-,15+/m0/s1. The third kappa shape index (κ3) is 3.43. The maximum Gasteiger partial charge on any atom is 0.262 e. The second kappa shape index (κ2) is 7.33. The first-order valence-corrected chi connectivity index (χ1v) is 8.67. The molecule has 1 amide bonds. The summed E-state index contributed by atoms with van der Waals surface area (Å²) in [6, 6.07) is 4.99. The highest BCUT2D eigenvalue weighted by Crippen LogP contribution is 2.22. The number of hydrogen-bond donors (Lipinski definition) is 2. The third-order valence-corrected chi connectivity index (χ3v) is 4.95. The number of methoxy groups -OCH3 is 1. The molecule has 2 N–H and O–H groups in total. The highest BCUT2D eigenvalue weighted by Gasteiger charge is 2.28. The number of carbonyl (C=O) groups excluding carboxylic acids is 1. The van der Waals surface area contributed by atoms with Crippen molar-refractivity contribution < 1.29 is 9.53 Å². The van der Waals surface area contributed by atoms with Crippen molar-refractivity contribution in [2.45, 2.75) is 38.0 Å². The average molecular weight is 359 g/mol. The lowest BCUT2D eigenvalue weighted by molar-refractivity contribution is 0.0722. The average Bonchev–Trinajstić information content (AvgIpc) is 3.05. The predicted octanol–water partition coefficient (Wildman–Crippen LogP) is 2.54. The van der Waals surface area contributed by atoms with E-state index in [9.17, 15) is 9.59 Å². The fraction of sp³-hybridized carbons (Fsp3) is 0.389. The molecule has 0 aliphatic heterocycles. The second-order valence-corrected chi connectivity index (χ2v) is 6.57. The molecule has 6 nitrogen and oxygen atoms in total. The molecule has 132 valence electrons. The Kier molecular flexibility index (Phi) is 5.15. The molecule has 3 rings (SSSR count). The van der Waals surface area contributed by atoms with E-state index in [4.69, 9.17) is 17.0 Å². The quantitative estimate of drug-likeness (QED) is 0.635. The molecule has 0 radical (unpaired) electrons. The van der Waals surface area contributed by atoms with Gasteiger partial charge in [0.25, 0.3) is 11.5 Å². The number of fused-ring (bicyclic) bond motifs is 1. The van der Waals surface area contributed by atoms with Crippen molar-refractivity contribution in [1.82, 2.24) is 14.9 Å². The summed E-state index contributed by atoms with van der Waals surface area (Å²) in [7, 11) is 1.67. The van der Waals surface area contributed by atoms with Gasteiger partial charge in [-0.25, -0.2) is 0 Å². The van der Waals surface area contributed by atoms with E-state index in [1.165, 1.54) is 4.57 Å². The molecule has 1 aliphatic rings. The monoisotopic (exact) mass is 359 g/mol. The molecule has 0 spiro atoms. The van der Waals surface area contributed by atoms with Crippen LogP contribution in [0.4, 0.5) is 0 Å². The van der Waals surface area contributed by atoms with Crippen LogP contribution in [0.25, 0.3) is 10.9 Å². The van der Waals surface area contributed by atoms with Crippen molar-refractivity contribution in [3.8, 4) is 0 Å². The molecule has 1 heterocycles. The molecular weight excluding hydrogens is 338 g/mol. The fourth-order valence-electron chi connectivity index (χ4n) is 3.32. The second-order valence-electron chi connectivity index (χ2n) is 6.18. The maximum absolute atomic E-state index is 12.5.